The first-order valence-corrected chi connectivity index (χ1v) is 7.12. The molecule has 19 heavy (non-hydrogen) atoms. The molecular formula is C12H15FN2O3S. The van der Waals surface area contributed by atoms with Crippen molar-refractivity contribution in [3.05, 3.63) is 41.7 Å². The van der Waals surface area contributed by atoms with Crippen LogP contribution in [0.5, 0.6) is 0 Å². The number of rotatable bonds is 5. The summed E-state index contributed by atoms with van der Waals surface area (Å²) in [4.78, 5) is 11.3. The van der Waals surface area contributed by atoms with Gasteiger partial charge in [-0.3, -0.25) is 4.79 Å². The van der Waals surface area contributed by atoms with E-state index in [0.29, 0.717) is 13.0 Å². The van der Waals surface area contributed by atoms with Crippen LogP contribution in [-0.2, 0) is 10.0 Å². The summed E-state index contributed by atoms with van der Waals surface area (Å²) >= 11 is 0. The highest BCUT2D eigenvalue weighted by molar-refractivity contribution is 7.89. The first-order valence-electron chi connectivity index (χ1n) is 5.57. The van der Waals surface area contributed by atoms with Crippen LogP contribution < -0.4 is 10.5 Å². The normalized spacial score (nSPS) is 11.7. The largest absolute Gasteiger partial charge is 0.352 e. The summed E-state index contributed by atoms with van der Waals surface area (Å²) < 4.78 is 35.5. The van der Waals surface area contributed by atoms with E-state index in [4.69, 9.17) is 5.14 Å². The zero-order chi connectivity index (χ0) is 14.5. The predicted octanol–water partition coefficient (Wildman–Crippen LogP) is 1.17. The number of primary sulfonamides is 1. The summed E-state index contributed by atoms with van der Waals surface area (Å²) in [5.74, 6) is -1.38. The number of benzene rings is 1. The minimum atomic E-state index is -4.04. The van der Waals surface area contributed by atoms with Crippen LogP contribution in [0.2, 0.25) is 0 Å². The standard InChI is InChI=1S/C12H15FN2O3S/c1-2-3-4-5-15-12(16)9-6-10(13)8-11(7-9)19(14,17)18/h2-3,6-8H,4-5H2,1H3,(H,15,16)(H2,14,17,18)/b3-2+. The number of sulfonamides is 1. The molecule has 7 heteroatoms. The van der Waals surface area contributed by atoms with Crippen LogP contribution in [0.4, 0.5) is 4.39 Å². The molecular weight excluding hydrogens is 271 g/mol. The Bertz CT molecular complexity index is 597. The fourth-order valence-corrected chi connectivity index (χ4v) is 1.96. The van der Waals surface area contributed by atoms with Gasteiger partial charge in [0.15, 0.2) is 0 Å². The third kappa shape index (κ3) is 4.80. The van der Waals surface area contributed by atoms with Gasteiger partial charge in [0.05, 0.1) is 4.90 Å². The topological polar surface area (TPSA) is 89.3 Å². The summed E-state index contributed by atoms with van der Waals surface area (Å²) in [5, 5.41) is 7.45. The van der Waals surface area contributed by atoms with E-state index in [9.17, 15) is 17.6 Å². The Morgan fingerprint density at radius 2 is 2.11 bits per heavy atom. The van der Waals surface area contributed by atoms with Gasteiger partial charge in [0.25, 0.3) is 5.91 Å². The molecule has 0 unspecified atom stereocenters. The number of carbonyl (C=O) groups excluding carboxylic acids is 1. The predicted molar refractivity (Wildman–Crippen MR) is 69.5 cm³/mol. The number of hydrogen-bond donors (Lipinski definition) is 2. The SMILES string of the molecule is C/C=C/CCNC(=O)c1cc(F)cc(S(N)(=O)=O)c1. The molecule has 0 saturated heterocycles. The molecule has 0 radical (unpaired) electrons. The molecule has 0 aliphatic carbocycles. The molecule has 5 nitrogen and oxygen atoms in total. The molecule has 0 aromatic heterocycles. The molecule has 1 aromatic carbocycles. The monoisotopic (exact) mass is 286 g/mol. The molecule has 0 aliphatic rings. The van der Waals surface area contributed by atoms with E-state index in [1.54, 1.807) is 0 Å². The quantitative estimate of drug-likeness (QED) is 0.629. The van der Waals surface area contributed by atoms with E-state index >= 15 is 0 Å². The minimum Gasteiger partial charge on any atom is -0.352 e. The van der Waals surface area contributed by atoms with Gasteiger partial charge in [-0.15, -0.1) is 0 Å². The third-order valence-corrected chi connectivity index (χ3v) is 3.19. The lowest BCUT2D eigenvalue weighted by atomic mass is 10.2. The summed E-state index contributed by atoms with van der Waals surface area (Å²) in [7, 11) is -4.04. The molecule has 0 heterocycles. The highest BCUT2D eigenvalue weighted by Crippen LogP contribution is 2.13. The van der Waals surface area contributed by atoms with E-state index in [2.05, 4.69) is 5.32 Å². The average molecular weight is 286 g/mol. The second kappa shape index (κ2) is 6.44. The van der Waals surface area contributed by atoms with Gasteiger partial charge in [-0.25, -0.2) is 17.9 Å². The lowest BCUT2D eigenvalue weighted by molar-refractivity contribution is 0.0953. The van der Waals surface area contributed by atoms with Crippen molar-refractivity contribution in [3.8, 4) is 0 Å². The maximum Gasteiger partial charge on any atom is 0.251 e. The average Bonchev–Trinajstić information content (AvgIpc) is 2.32. The van der Waals surface area contributed by atoms with Gasteiger partial charge in [0.1, 0.15) is 5.82 Å². The fourth-order valence-electron chi connectivity index (χ4n) is 1.40. The highest BCUT2D eigenvalue weighted by atomic mass is 32.2. The number of nitrogens with two attached hydrogens (primary N) is 1. The van der Waals surface area contributed by atoms with Crippen LogP contribution in [0.1, 0.15) is 23.7 Å². The summed E-state index contributed by atoms with van der Waals surface area (Å²) in [6.07, 6.45) is 4.34. The lowest BCUT2D eigenvalue weighted by Gasteiger charge is -2.06. The van der Waals surface area contributed by atoms with E-state index in [0.717, 1.165) is 18.2 Å². The molecule has 0 atom stereocenters. The van der Waals surface area contributed by atoms with Crippen molar-refractivity contribution in [2.75, 3.05) is 6.54 Å². The number of amides is 1. The van der Waals surface area contributed by atoms with Crippen molar-refractivity contribution in [2.24, 2.45) is 5.14 Å². The Hall–Kier alpha value is -1.73. The van der Waals surface area contributed by atoms with Crippen molar-refractivity contribution >= 4 is 15.9 Å². The van der Waals surface area contributed by atoms with Crippen LogP contribution in [0.3, 0.4) is 0 Å². The van der Waals surface area contributed by atoms with E-state index in [1.807, 2.05) is 19.1 Å². The molecule has 3 N–H and O–H groups in total. The van der Waals surface area contributed by atoms with Gasteiger partial charge in [-0.1, -0.05) is 12.2 Å². The summed E-state index contributed by atoms with van der Waals surface area (Å²) in [6, 6.07) is 2.77. The van der Waals surface area contributed by atoms with Gasteiger partial charge in [0.2, 0.25) is 10.0 Å². The van der Waals surface area contributed by atoms with Gasteiger partial charge in [-0.2, -0.15) is 0 Å². The van der Waals surface area contributed by atoms with E-state index in [-0.39, 0.29) is 5.56 Å². The zero-order valence-corrected chi connectivity index (χ0v) is 11.2. The van der Waals surface area contributed by atoms with Gasteiger partial charge in [0, 0.05) is 12.1 Å². The first kappa shape index (κ1) is 15.3. The van der Waals surface area contributed by atoms with Crippen LogP contribution in [0.25, 0.3) is 0 Å². The molecule has 0 saturated carbocycles. The second-order valence-corrected chi connectivity index (χ2v) is 5.40. The number of allylic oxidation sites excluding steroid dienone is 1. The molecule has 0 spiro atoms. The van der Waals surface area contributed by atoms with Gasteiger partial charge < -0.3 is 5.32 Å². The van der Waals surface area contributed by atoms with Crippen molar-refractivity contribution < 1.29 is 17.6 Å². The van der Waals surface area contributed by atoms with Crippen LogP contribution >= 0.6 is 0 Å². The molecule has 1 aromatic rings. The smallest absolute Gasteiger partial charge is 0.251 e. The Kier molecular flexibility index (Phi) is 5.20. The Labute approximate surface area is 111 Å². The molecule has 104 valence electrons. The lowest BCUT2D eigenvalue weighted by Crippen LogP contribution is -2.25. The van der Waals surface area contributed by atoms with Gasteiger partial charge >= 0.3 is 0 Å². The van der Waals surface area contributed by atoms with Crippen molar-refractivity contribution in [3.63, 3.8) is 0 Å². The number of carbonyl (C=O) groups is 1. The summed E-state index contributed by atoms with van der Waals surface area (Å²) in [5.41, 5.74) is -0.0792. The molecule has 1 amide bonds. The maximum atomic E-state index is 13.3. The molecule has 0 bridgehead atoms. The Morgan fingerprint density at radius 1 is 1.42 bits per heavy atom. The minimum absolute atomic E-state index is 0.0792. The third-order valence-electron chi connectivity index (χ3n) is 2.29. The number of hydrogen-bond acceptors (Lipinski definition) is 3. The van der Waals surface area contributed by atoms with Gasteiger partial charge in [-0.05, 0) is 31.5 Å². The Morgan fingerprint density at radius 3 is 2.68 bits per heavy atom. The van der Waals surface area contributed by atoms with Crippen LogP contribution in [-0.4, -0.2) is 20.9 Å². The maximum absolute atomic E-state index is 13.3. The van der Waals surface area contributed by atoms with Crippen LogP contribution in [0.15, 0.2) is 35.2 Å². The van der Waals surface area contributed by atoms with Crippen molar-refractivity contribution in [2.45, 2.75) is 18.2 Å². The summed E-state index contributed by atoms with van der Waals surface area (Å²) in [6.45, 7) is 2.23. The van der Waals surface area contributed by atoms with E-state index < -0.39 is 26.6 Å². The number of halogens is 1. The fraction of sp³-hybridized carbons (Fsp3) is 0.250. The highest BCUT2D eigenvalue weighted by Gasteiger charge is 2.14. The molecule has 1 rings (SSSR count). The zero-order valence-electron chi connectivity index (χ0n) is 10.4. The second-order valence-electron chi connectivity index (χ2n) is 3.83. The van der Waals surface area contributed by atoms with Crippen molar-refractivity contribution in [1.82, 2.24) is 5.32 Å². The van der Waals surface area contributed by atoms with Crippen molar-refractivity contribution in [1.29, 1.82) is 0 Å². The number of nitrogens with one attached hydrogen (secondary N) is 1. The Balaban J connectivity index is 2.89. The molecule has 0 aliphatic heterocycles. The molecule has 0 fully saturated rings. The van der Waals surface area contributed by atoms with E-state index in [1.165, 1.54) is 0 Å². The van der Waals surface area contributed by atoms with Crippen LogP contribution in [0, 0.1) is 5.82 Å². The first-order chi connectivity index (χ1) is 8.84.